The van der Waals surface area contributed by atoms with Crippen LogP contribution in [0.4, 0.5) is 11.6 Å². The van der Waals surface area contributed by atoms with Crippen molar-refractivity contribution < 1.29 is 9.15 Å². The van der Waals surface area contributed by atoms with Crippen LogP contribution < -0.4 is 15.7 Å². The SMILES string of the molecule is Cc1cc(=O)oc2cc(Oc3nc(Cl)nc(Nc4ccccc4)n3)ccc12. The van der Waals surface area contributed by atoms with E-state index in [1.165, 1.54) is 6.07 Å². The summed E-state index contributed by atoms with van der Waals surface area (Å²) in [7, 11) is 0. The molecule has 8 heteroatoms. The molecule has 0 aliphatic heterocycles. The van der Waals surface area contributed by atoms with Crippen LogP contribution in [0.1, 0.15) is 5.56 Å². The van der Waals surface area contributed by atoms with Gasteiger partial charge >= 0.3 is 11.6 Å². The van der Waals surface area contributed by atoms with Gasteiger partial charge in [0.25, 0.3) is 0 Å². The lowest BCUT2D eigenvalue weighted by Crippen LogP contribution is -2.02. The van der Waals surface area contributed by atoms with Crippen LogP contribution in [0.15, 0.2) is 63.8 Å². The van der Waals surface area contributed by atoms with Crippen LogP contribution in [-0.4, -0.2) is 15.0 Å². The molecule has 0 unspecified atom stereocenters. The predicted octanol–water partition coefficient (Wildman–Crippen LogP) is 4.48. The predicted molar refractivity (Wildman–Crippen MR) is 102 cm³/mol. The Morgan fingerprint density at radius 3 is 2.67 bits per heavy atom. The molecule has 2 aromatic heterocycles. The molecule has 0 saturated carbocycles. The van der Waals surface area contributed by atoms with Gasteiger partial charge in [-0.1, -0.05) is 18.2 Å². The lowest BCUT2D eigenvalue weighted by Gasteiger charge is -2.08. The van der Waals surface area contributed by atoms with Crippen molar-refractivity contribution in [3.63, 3.8) is 0 Å². The fourth-order valence-corrected chi connectivity index (χ4v) is 2.71. The molecule has 0 fully saturated rings. The largest absolute Gasteiger partial charge is 0.424 e. The van der Waals surface area contributed by atoms with Gasteiger partial charge < -0.3 is 14.5 Å². The quantitative estimate of drug-likeness (QED) is 0.522. The Kier molecular flexibility index (Phi) is 4.43. The Hall–Kier alpha value is -3.45. The molecule has 4 aromatic rings. The number of anilines is 2. The molecule has 134 valence electrons. The Morgan fingerprint density at radius 1 is 1.04 bits per heavy atom. The highest BCUT2D eigenvalue weighted by molar-refractivity contribution is 6.28. The van der Waals surface area contributed by atoms with Gasteiger partial charge in [-0.15, -0.1) is 0 Å². The fourth-order valence-electron chi connectivity index (χ4n) is 2.56. The highest BCUT2D eigenvalue weighted by atomic mass is 35.5. The molecule has 1 N–H and O–H groups in total. The molecule has 0 aliphatic carbocycles. The van der Waals surface area contributed by atoms with E-state index in [9.17, 15) is 4.79 Å². The van der Waals surface area contributed by atoms with Gasteiger partial charge in [0.2, 0.25) is 11.2 Å². The van der Waals surface area contributed by atoms with Crippen molar-refractivity contribution in [2.75, 3.05) is 5.32 Å². The zero-order chi connectivity index (χ0) is 18.8. The topological polar surface area (TPSA) is 90.1 Å². The zero-order valence-corrected chi connectivity index (χ0v) is 14.9. The summed E-state index contributed by atoms with van der Waals surface area (Å²) in [5.41, 5.74) is 1.62. The highest BCUT2D eigenvalue weighted by Crippen LogP contribution is 2.26. The molecule has 0 saturated heterocycles. The van der Waals surface area contributed by atoms with Gasteiger partial charge in [-0.3, -0.25) is 0 Å². The van der Waals surface area contributed by atoms with Crippen LogP contribution in [0.3, 0.4) is 0 Å². The van der Waals surface area contributed by atoms with Gasteiger partial charge in [-0.2, -0.15) is 15.0 Å². The molecule has 7 nitrogen and oxygen atoms in total. The monoisotopic (exact) mass is 380 g/mol. The molecule has 2 aromatic carbocycles. The van der Waals surface area contributed by atoms with Crippen molar-refractivity contribution in [3.8, 4) is 11.8 Å². The molecule has 0 bridgehead atoms. The van der Waals surface area contributed by atoms with Crippen molar-refractivity contribution >= 4 is 34.2 Å². The Labute approximate surface area is 158 Å². The first-order chi connectivity index (χ1) is 13.1. The number of halogens is 1. The van der Waals surface area contributed by atoms with Crippen molar-refractivity contribution in [2.24, 2.45) is 0 Å². The molecule has 2 heterocycles. The first-order valence-corrected chi connectivity index (χ1v) is 8.41. The van der Waals surface area contributed by atoms with Crippen LogP contribution in [0.2, 0.25) is 5.28 Å². The van der Waals surface area contributed by atoms with E-state index in [0.29, 0.717) is 11.3 Å². The van der Waals surface area contributed by atoms with E-state index in [0.717, 1.165) is 16.6 Å². The number of benzene rings is 2. The molecule has 27 heavy (non-hydrogen) atoms. The van der Waals surface area contributed by atoms with Crippen LogP contribution in [-0.2, 0) is 0 Å². The second-order valence-electron chi connectivity index (χ2n) is 5.71. The Bertz CT molecular complexity index is 1180. The summed E-state index contributed by atoms with van der Waals surface area (Å²) in [6.07, 6.45) is 0. The second-order valence-corrected chi connectivity index (χ2v) is 6.05. The number of aryl methyl sites for hydroxylation is 1. The van der Waals surface area contributed by atoms with E-state index in [1.54, 1.807) is 18.2 Å². The maximum absolute atomic E-state index is 11.6. The number of aromatic nitrogens is 3. The van der Waals surface area contributed by atoms with Crippen molar-refractivity contribution in [2.45, 2.75) is 6.92 Å². The van der Waals surface area contributed by atoms with Crippen molar-refractivity contribution in [1.82, 2.24) is 15.0 Å². The average Bonchev–Trinajstić information content (AvgIpc) is 2.61. The summed E-state index contributed by atoms with van der Waals surface area (Å²) in [6.45, 7) is 1.84. The molecule has 0 aliphatic rings. The molecule has 0 atom stereocenters. The third-order valence-electron chi connectivity index (χ3n) is 3.75. The normalized spacial score (nSPS) is 10.7. The zero-order valence-electron chi connectivity index (χ0n) is 14.1. The Morgan fingerprint density at radius 2 is 1.85 bits per heavy atom. The minimum Gasteiger partial charge on any atom is -0.424 e. The summed E-state index contributed by atoms with van der Waals surface area (Å²) >= 11 is 5.98. The lowest BCUT2D eigenvalue weighted by molar-refractivity contribution is 0.439. The van der Waals surface area contributed by atoms with Crippen LogP contribution >= 0.6 is 11.6 Å². The van der Waals surface area contributed by atoms with E-state index in [1.807, 2.05) is 37.3 Å². The highest BCUT2D eigenvalue weighted by Gasteiger charge is 2.10. The standard InChI is InChI=1S/C19H13ClN4O3/c1-11-9-16(25)27-15-10-13(7-8-14(11)15)26-19-23-17(20)22-18(24-19)21-12-5-3-2-4-6-12/h2-10H,1H3,(H,21,22,23,24). The van der Waals surface area contributed by atoms with Crippen LogP contribution in [0.5, 0.6) is 11.8 Å². The number of hydrogen-bond acceptors (Lipinski definition) is 7. The molecule has 0 amide bonds. The molecular formula is C19H13ClN4O3. The van der Waals surface area contributed by atoms with E-state index in [2.05, 4.69) is 20.3 Å². The number of fused-ring (bicyclic) bond motifs is 1. The minimum absolute atomic E-state index is 0.0124. The maximum atomic E-state index is 11.6. The first-order valence-electron chi connectivity index (χ1n) is 8.03. The number of hydrogen-bond donors (Lipinski definition) is 1. The van der Waals surface area contributed by atoms with E-state index in [4.69, 9.17) is 20.8 Å². The average molecular weight is 381 g/mol. The number of rotatable bonds is 4. The van der Waals surface area contributed by atoms with Gasteiger partial charge in [-0.25, -0.2) is 4.79 Å². The molecule has 0 spiro atoms. The van der Waals surface area contributed by atoms with Crippen LogP contribution in [0, 0.1) is 6.92 Å². The number of nitrogens with one attached hydrogen (secondary N) is 1. The Balaban J connectivity index is 1.64. The lowest BCUT2D eigenvalue weighted by atomic mass is 10.1. The summed E-state index contributed by atoms with van der Waals surface area (Å²) in [5.74, 6) is 0.656. The smallest absolute Gasteiger partial charge is 0.336 e. The van der Waals surface area contributed by atoms with Crippen LogP contribution in [0.25, 0.3) is 11.0 Å². The first kappa shape index (κ1) is 17.0. The second kappa shape index (κ2) is 7.05. The van der Waals surface area contributed by atoms with Gasteiger partial charge in [0.1, 0.15) is 11.3 Å². The number of para-hydroxylation sites is 1. The van der Waals surface area contributed by atoms with Crippen molar-refractivity contribution in [3.05, 3.63) is 75.9 Å². The van der Waals surface area contributed by atoms with Gasteiger partial charge in [0.05, 0.1) is 0 Å². The molecular weight excluding hydrogens is 368 g/mol. The van der Waals surface area contributed by atoms with E-state index in [-0.39, 0.29) is 17.2 Å². The summed E-state index contributed by atoms with van der Waals surface area (Å²) in [5, 5.41) is 3.84. The third kappa shape index (κ3) is 3.88. The van der Waals surface area contributed by atoms with Gasteiger partial charge in [0, 0.05) is 23.2 Å². The number of nitrogens with zero attached hydrogens (tertiary/aromatic N) is 3. The summed E-state index contributed by atoms with van der Waals surface area (Å²) in [4.78, 5) is 23.8. The van der Waals surface area contributed by atoms with Gasteiger partial charge in [0.15, 0.2) is 0 Å². The van der Waals surface area contributed by atoms with Gasteiger partial charge in [-0.05, 0) is 48.4 Å². The van der Waals surface area contributed by atoms with Crippen molar-refractivity contribution in [1.29, 1.82) is 0 Å². The minimum atomic E-state index is -0.422. The number of ether oxygens (including phenoxy) is 1. The maximum Gasteiger partial charge on any atom is 0.336 e. The summed E-state index contributed by atoms with van der Waals surface area (Å²) in [6, 6.07) is 16.0. The molecule has 0 radical (unpaired) electrons. The van der Waals surface area contributed by atoms with E-state index >= 15 is 0 Å². The van der Waals surface area contributed by atoms with E-state index < -0.39 is 5.63 Å². The summed E-state index contributed by atoms with van der Waals surface area (Å²) < 4.78 is 10.9. The third-order valence-corrected chi connectivity index (χ3v) is 3.92. The molecule has 4 rings (SSSR count). The fraction of sp³-hybridized carbons (Fsp3) is 0.0526.